The maximum Gasteiger partial charge on any atom is 0.257 e. The molecule has 0 saturated carbocycles. The maximum absolute atomic E-state index is 12.6. The summed E-state index contributed by atoms with van der Waals surface area (Å²) in [5.74, 6) is 0.0354. The van der Waals surface area contributed by atoms with Crippen LogP contribution in [-0.2, 0) is 0 Å². The molecule has 1 unspecified atom stereocenters. The van der Waals surface area contributed by atoms with Gasteiger partial charge in [-0.2, -0.15) is 5.10 Å². The summed E-state index contributed by atoms with van der Waals surface area (Å²) in [6, 6.07) is 7.78. The molecular weight excluding hydrogens is 335 g/mol. The molecule has 7 heteroatoms. The lowest BCUT2D eigenvalue weighted by Gasteiger charge is -2.32. The smallest absolute Gasteiger partial charge is 0.257 e. The molecule has 23 heavy (non-hydrogen) atoms. The first-order chi connectivity index (χ1) is 10.7. The van der Waals surface area contributed by atoms with Gasteiger partial charge >= 0.3 is 0 Å². The second-order valence-corrected chi connectivity index (χ2v) is 5.97. The molecule has 1 fully saturated rings. The Hall–Kier alpha value is -1.56. The van der Waals surface area contributed by atoms with E-state index in [0.717, 1.165) is 31.6 Å². The van der Waals surface area contributed by atoms with E-state index in [9.17, 15) is 4.79 Å². The van der Waals surface area contributed by atoms with Crippen LogP contribution in [0.5, 0.6) is 0 Å². The summed E-state index contributed by atoms with van der Waals surface area (Å²) in [6.07, 6.45) is 5.52. The number of aromatic nitrogens is 2. The molecule has 1 N–H and O–H groups in total. The van der Waals surface area contributed by atoms with Gasteiger partial charge in [-0.15, -0.1) is 12.4 Å². The van der Waals surface area contributed by atoms with Gasteiger partial charge in [-0.05, 0) is 38.1 Å². The van der Waals surface area contributed by atoms with Crippen molar-refractivity contribution in [2.75, 3.05) is 20.1 Å². The SMILES string of the molecule is CNC1CCCN(C(=O)c2cnn(-c3cccc(Cl)c3)c2)C1.Cl. The van der Waals surface area contributed by atoms with Crippen molar-refractivity contribution in [2.45, 2.75) is 18.9 Å². The highest BCUT2D eigenvalue weighted by atomic mass is 35.5. The summed E-state index contributed by atoms with van der Waals surface area (Å²) in [6.45, 7) is 1.55. The molecule has 124 valence electrons. The van der Waals surface area contributed by atoms with E-state index >= 15 is 0 Å². The van der Waals surface area contributed by atoms with Crippen molar-refractivity contribution in [3.05, 3.63) is 47.2 Å². The zero-order valence-corrected chi connectivity index (χ0v) is 14.5. The van der Waals surface area contributed by atoms with Crippen LogP contribution in [0.1, 0.15) is 23.2 Å². The molecule has 0 spiro atoms. The molecule has 1 aromatic carbocycles. The van der Waals surface area contributed by atoms with Gasteiger partial charge in [0.05, 0.1) is 17.4 Å². The Morgan fingerprint density at radius 2 is 2.26 bits per heavy atom. The molecule has 3 rings (SSSR count). The number of amides is 1. The Balaban J connectivity index is 0.00000192. The molecule has 0 bridgehead atoms. The molecule has 1 aliphatic heterocycles. The number of likely N-dealkylation sites (tertiary alicyclic amines) is 1. The summed E-state index contributed by atoms with van der Waals surface area (Å²) in [5, 5.41) is 8.17. The van der Waals surface area contributed by atoms with E-state index in [-0.39, 0.29) is 18.3 Å². The number of rotatable bonds is 3. The zero-order chi connectivity index (χ0) is 15.5. The van der Waals surface area contributed by atoms with Gasteiger partial charge in [-0.1, -0.05) is 17.7 Å². The standard InChI is InChI=1S/C16H19ClN4O.ClH/c1-18-14-5-3-7-20(11-14)16(22)12-9-19-21(10-12)15-6-2-4-13(17)8-15;/h2,4,6,8-10,14,18H,3,5,7,11H2,1H3;1H. The summed E-state index contributed by atoms with van der Waals surface area (Å²) < 4.78 is 1.68. The van der Waals surface area contributed by atoms with Crippen LogP contribution in [0.2, 0.25) is 5.02 Å². The van der Waals surface area contributed by atoms with Crippen molar-refractivity contribution in [1.29, 1.82) is 0 Å². The normalized spacial score (nSPS) is 17.7. The Kier molecular flexibility index (Phi) is 6.04. The minimum atomic E-state index is 0. The largest absolute Gasteiger partial charge is 0.337 e. The topological polar surface area (TPSA) is 50.2 Å². The first-order valence-corrected chi connectivity index (χ1v) is 7.82. The fourth-order valence-corrected chi connectivity index (χ4v) is 2.96. The molecule has 2 aromatic rings. The Labute approximate surface area is 147 Å². The van der Waals surface area contributed by atoms with Crippen LogP contribution in [-0.4, -0.2) is 46.8 Å². The molecule has 1 aliphatic rings. The number of carbonyl (C=O) groups is 1. The number of hydrogen-bond acceptors (Lipinski definition) is 3. The molecule has 5 nitrogen and oxygen atoms in total. The quantitative estimate of drug-likeness (QED) is 0.921. The molecule has 1 amide bonds. The number of hydrogen-bond donors (Lipinski definition) is 1. The van der Waals surface area contributed by atoms with E-state index < -0.39 is 0 Å². The second-order valence-electron chi connectivity index (χ2n) is 5.53. The van der Waals surface area contributed by atoms with Gasteiger partial charge in [0.1, 0.15) is 0 Å². The number of nitrogens with zero attached hydrogens (tertiary/aromatic N) is 3. The average Bonchev–Trinajstić information content (AvgIpc) is 3.04. The van der Waals surface area contributed by atoms with Gasteiger partial charge in [-0.3, -0.25) is 4.79 Å². The Morgan fingerprint density at radius 3 is 3.00 bits per heavy atom. The van der Waals surface area contributed by atoms with E-state index in [1.165, 1.54) is 0 Å². The highest BCUT2D eigenvalue weighted by molar-refractivity contribution is 6.30. The molecule has 1 saturated heterocycles. The first-order valence-electron chi connectivity index (χ1n) is 7.44. The van der Waals surface area contributed by atoms with Crippen molar-refractivity contribution in [1.82, 2.24) is 20.0 Å². The number of piperidine rings is 1. The first kappa shape index (κ1) is 17.8. The number of benzene rings is 1. The third kappa shape index (κ3) is 4.05. The van der Waals surface area contributed by atoms with Gasteiger partial charge < -0.3 is 10.2 Å². The minimum Gasteiger partial charge on any atom is -0.337 e. The highest BCUT2D eigenvalue weighted by Gasteiger charge is 2.24. The van der Waals surface area contributed by atoms with Crippen LogP contribution < -0.4 is 5.32 Å². The maximum atomic E-state index is 12.6. The van der Waals surface area contributed by atoms with Gasteiger partial charge in [0.25, 0.3) is 5.91 Å². The molecule has 1 atom stereocenters. The number of halogens is 2. The average molecular weight is 355 g/mol. The van der Waals surface area contributed by atoms with Gasteiger partial charge in [0.2, 0.25) is 0 Å². The van der Waals surface area contributed by atoms with Crippen LogP contribution in [0.15, 0.2) is 36.7 Å². The fourth-order valence-electron chi connectivity index (χ4n) is 2.77. The summed E-state index contributed by atoms with van der Waals surface area (Å²) in [5.41, 5.74) is 1.45. The Morgan fingerprint density at radius 1 is 1.43 bits per heavy atom. The molecule has 2 heterocycles. The predicted octanol–water partition coefficient (Wildman–Crippen LogP) is 2.77. The molecular formula is C16H20Cl2N4O. The van der Waals surface area contributed by atoms with Crippen LogP contribution in [0.25, 0.3) is 5.69 Å². The van der Waals surface area contributed by atoms with Crippen LogP contribution in [0.3, 0.4) is 0 Å². The number of carbonyl (C=O) groups excluding carboxylic acids is 1. The van der Waals surface area contributed by atoms with Crippen LogP contribution >= 0.6 is 24.0 Å². The van der Waals surface area contributed by atoms with E-state index in [0.29, 0.717) is 16.6 Å². The lowest BCUT2D eigenvalue weighted by Crippen LogP contribution is -2.46. The van der Waals surface area contributed by atoms with E-state index in [2.05, 4.69) is 10.4 Å². The number of nitrogens with one attached hydrogen (secondary N) is 1. The summed E-state index contributed by atoms with van der Waals surface area (Å²) in [7, 11) is 1.94. The van der Waals surface area contributed by atoms with E-state index in [4.69, 9.17) is 11.6 Å². The molecule has 1 aromatic heterocycles. The lowest BCUT2D eigenvalue weighted by atomic mass is 10.1. The van der Waals surface area contributed by atoms with Crippen molar-refractivity contribution >= 4 is 29.9 Å². The third-order valence-electron chi connectivity index (χ3n) is 4.02. The van der Waals surface area contributed by atoms with Crippen molar-refractivity contribution in [3.8, 4) is 5.69 Å². The summed E-state index contributed by atoms with van der Waals surface area (Å²) in [4.78, 5) is 14.5. The molecule has 0 radical (unpaired) electrons. The molecule has 0 aliphatic carbocycles. The van der Waals surface area contributed by atoms with E-state index in [1.54, 1.807) is 17.1 Å². The fraction of sp³-hybridized carbons (Fsp3) is 0.375. The second kappa shape index (κ2) is 7.81. The van der Waals surface area contributed by atoms with Gasteiger partial charge in [0.15, 0.2) is 0 Å². The monoisotopic (exact) mass is 354 g/mol. The summed E-state index contributed by atoms with van der Waals surface area (Å²) >= 11 is 5.99. The number of likely N-dealkylation sites (N-methyl/N-ethyl adjacent to an activating group) is 1. The van der Waals surface area contributed by atoms with E-state index in [1.807, 2.05) is 36.2 Å². The lowest BCUT2D eigenvalue weighted by molar-refractivity contribution is 0.0698. The van der Waals surface area contributed by atoms with Crippen LogP contribution in [0, 0.1) is 0 Å². The zero-order valence-electron chi connectivity index (χ0n) is 12.9. The predicted molar refractivity (Wildman–Crippen MR) is 93.8 cm³/mol. The highest BCUT2D eigenvalue weighted by Crippen LogP contribution is 2.17. The third-order valence-corrected chi connectivity index (χ3v) is 4.25. The van der Waals surface area contributed by atoms with Gasteiger partial charge in [-0.25, -0.2) is 4.68 Å². The van der Waals surface area contributed by atoms with Crippen molar-refractivity contribution in [3.63, 3.8) is 0 Å². The van der Waals surface area contributed by atoms with Gasteiger partial charge in [0, 0.05) is 30.4 Å². The minimum absolute atomic E-state index is 0. The Bertz CT molecular complexity index is 674. The van der Waals surface area contributed by atoms with Crippen molar-refractivity contribution < 1.29 is 4.79 Å². The van der Waals surface area contributed by atoms with Crippen molar-refractivity contribution in [2.24, 2.45) is 0 Å². The van der Waals surface area contributed by atoms with Crippen LogP contribution in [0.4, 0.5) is 0 Å².